The van der Waals surface area contributed by atoms with Crippen molar-refractivity contribution in [2.45, 2.75) is 44.8 Å². The number of rotatable bonds is 6. The number of carbonyl (C=O) groups is 1. The minimum atomic E-state index is -0.0802. The van der Waals surface area contributed by atoms with Crippen molar-refractivity contribution in [2.75, 3.05) is 13.2 Å². The molecule has 4 rings (SSSR count). The lowest BCUT2D eigenvalue weighted by Crippen LogP contribution is -2.25. The Morgan fingerprint density at radius 1 is 1.14 bits per heavy atom. The van der Waals surface area contributed by atoms with Crippen molar-refractivity contribution in [3.05, 3.63) is 52.5 Å². The van der Waals surface area contributed by atoms with Gasteiger partial charge in [0.15, 0.2) is 11.5 Å². The Bertz CT molecular complexity index is 848. The third-order valence-electron chi connectivity index (χ3n) is 5.07. The van der Waals surface area contributed by atoms with Gasteiger partial charge in [0, 0.05) is 12.1 Å². The molecule has 0 radical (unpaired) electrons. The first-order chi connectivity index (χ1) is 13.7. The largest absolute Gasteiger partial charge is 0.490 e. The van der Waals surface area contributed by atoms with Gasteiger partial charge in [-0.3, -0.25) is 4.79 Å². The van der Waals surface area contributed by atoms with Crippen molar-refractivity contribution in [1.82, 2.24) is 5.32 Å². The molecule has 5 nitrogen and oxygen atoms in total. The first-order valence-electron chi connectivity index (χ1n) is 9.78. The van der Waals surface area contributed by atoms with E-state index in [1.807, 2.05) is 30.3 Å². The highest BCUT2D eigenvalue weighted by molar-refractivity contribution is 6.32. The Morgan fingerprint density at radius 3 is 2.79 bits per heavy atom. The Kier molecular flexibility index (Phi) is 5.91. The maximum atomic E-state index is 12.5. The average Bonchev–Trinajstić information content (AvgIpc) is 3.20. The molecule has 28 heavy (non-hydrogen) atoms. The Morgan fingerprint density at radius 2 is 1.93 bits per heavy atom. The van der Waals surface area contributed by atoms with Crippen LogP contribution in [0.2, 0.25) is 5.02 Å². The highest BCUT2D eigenvalue weighted by Crippen LogP contribution is 2.38. The van der Waals surface area contributed by atoms with E-state index in [-0.39, 0.29) is 18.4 Å². The molecule has 1 fully saturated rings. The second kappa shape index (κ2) is 8.74. The van der Waals surface area contributed by atoms with Crippen molar-refractivity contribution in [3.63, 3.8) is 0 Å². The molecule has 1 N–H and O–H groups in total. The number of carbonyl (C=O) groups excluding carboxylic acids is 1. The van der Waals surface area contributed by atoms with Gasteiger partial charge in [0.05, 0.1) is 17.5 Å². The molecule has 2 aromatic carbocycles. The summed E-state index contributed by atoms with van der Waals surface area (Å²) >= 11 is 6.25. The van der Waals surface area contributed by atoms with Crippen LogP contribution < -0.4 is 19.5 Å². The molecular formula is C22H24ClNO4. The van der Waals surface area contributed by atoms with E-state index in [4.69, 9.17) is 25.8 Å². The zero-order valence-corrected chi connectivity index (χ0v) is 16.5. The first kappa shape index (κ1) is 18.9. The lowest BCUT2D eigenvalue weighted by molar-refractivity contribution is -0.120. The zero-order chi connectivity index (χ0) is 19.3. The molecule has 0 bridgehead atoms. The van der Waals surface area contributed by atoms with E-state index in [9.17, 15) is 4.79 Å². The lowest BCUT2D eigenvalue weighted by atomic mass is 10.1. The minimum absolute atomic E-state index is 0.0802. The lowest BCUT2D eigenvalue weighted by Gasteiger charge is -2.20. The van der Waals surface area contributed by atoms with Crippen molar-refractivity contribution in [3.8, 4) is 17.2 Å². The van der Waals surface area contributed by atoms with Crippen LogP contribution in [0.3, 0.4) is 0 Å². The van der Waals surface area contributed by atoms with Crippen molar-refractivity contribution < 1.29 is 19.0 Å². The van der Waals surface area contributed by atoms with Gasteiger partial charge >= 0.3 is 0 Å². The predicted octanol–water partition coefficient (Wildman–Crippen LogP) is 4.29. The van der Waals surface area contributed by atoms with E-state index in [0.29, 0.717) is 36.3 Å². The highest BCUT2D eigenvalue weighted by atomic mass is 35.5. The molecule has 0 saturated heterocycles. The van der Waals surface area contributed by atoms with E-state index in [2.05, 4.69) is 5.32 Å². The third-order valence-corrected chi connectivity index (χ3v) is 5.35. The molecule has 0 aromatic heterocycles. The molecule has 1 amide bonds. The fraction of sp³-hybridized carbons (Fsp3) is 0.409. The maximum absolute atomic E-state index is 12.5. The van der Waals surface area contributed by atoms with E-state index < -0.39 is 0 Å². The molecule has 1 aliphatic carbocycles. The van der Waals surface area contributed by atoms with Crippen molar-refractivity contribution >= 4 is 17.5 Å². The average molecular weight is 402 g/mol. The summed E-state index contributed by atoms with van der Waals surface area (Å²) in [6.07, 6.45) is 5.17. The summed E-state index contributed by atoms with van der Waals surface area (Å²) in [5.74, 6) is 1.92. The van der Waals surface area contributed by atoms with Gasteiger partial charge in [-0.05, 0) is 49.4 Å². The highest BCUT2D eigenvalue weighted by Gasteiger charge is 2.19. The van der Waals surface area contributed by atoms with Gasteiger partial charge in [0.1, 0.15) is 19.0 Å². The van der Waals surface area contributed by atoms with E-state index in [1.54, 1.807) is 6.07 Å². The molecule has 2 aliphatic rings. The summed E-state index contributed by atoms with van der Waals surface area (Å²) < 4.78 is 17.2. The van der Waals surface area contributed by atoms with Gasteiger partial charge in [-0.25, -0.2) is 0 Å². The minimum Gasteiger partial charge on any atom is -0.490 e. The second-order valence-electron chi connectivity index (χ2n) is 7.19. The third kappa shape index (κ3) is 4.53. The van der Waals surface area contributed by atoms with Gasteiger partial charge in [-0.15, -0.1) is 0 Å². The number of hydrogen-bond donors (Lipinski definition) is 1. The monoisotopic (exact) mass is 401 g/mol. The number of fused-ring (bicyclic) bond motifs is 1. The first-order valence-corrected chi connectivity index (χ1v) is 10.2. The van der Waals surface area contributed by atoms with Crippen LogP contribution in [0.25, 0.3) is 0 Å². The number of halogens is 1. The van der Waals surface area contributed by atoms with E-state index in [0.717, 1.165) is 29.7 Å². The maximum Gasteiger partial charge on any atom is 0.224 e. The quantitative estimate of drug-likeness (QED) is 0.784. The van der Waals surface area contributed by atoms with Crippen LogP contribution >= 0.6 is 11.6 Å². The second-order valence-corrected chi connectivity index (χ2v) is 7.59. The molecule has 1 aliphatic heterocycles. The van der Waals surface area contributed by atoms with Crippen LogP contribution in [0.5, 0.6) is 17.2 Å². The van der Waals surface area contributed by atoms with Crippen molar-refractivity contribution in [1.29, 1.82) is 0 Å². The van der Waals surface area contributed by atoms with Crippen LogP contribution in [-0.4, -0.2) is 25.2 Å². The van der Waals surface area contributed by atoms with E-state index in [1.165, 1.54) is 12.8 Å². The standard InChI is InChI=1S/C22H24ClNO4/c23-18-11-15(12-20-22(18)27-10-9-26-20)13-21(25)24-14-16-5-1-4-8-19(16)28-17-6-2-3-7-17/h1,4-5,8,11-12,17H,2-3,6-7,9-10,13-14H2,(H,24,25). The number of benzene rings is 2. The normalized spacial score (nSPS) is 16.0. The van der Waals surface area contributed by atoms with Crippen LogP contribution in [0.4, 0.5) is 0 Å². The molecule has 2 aromatic rings. The number of para-hydroxylation sites is 1. The molecule has 1 heterocycles. The Balaban J connectivity index is 1.37. The summed E-state index contributed by atoms with van der Waals surface area (Å²) in [6.45, 7) is 1.39. The number of amides is 1. The number of hydrogen-bond acceptors (Lipinski definition) is 4. The number of nitrogens with one attached hydrogen (secondary N) is 1. The van der Waals surface area contributed by atoms with Gasteiger partial charge in [0.2, 0.25) is 5.91 Å². The van der Waals surface area contributed by atoms with Crippen LogP contribution in [0.1, 0.15) is 36.8 Å². The molecule has 0 atom stereocenters. The van der Waals surface area contributed by atoms with Crippen LogP contribution in [-0.2, 0) is 17.8 Å². The predicted molar refractivity (Wildman–Crippen MR) is 107 cm³/mol. The zero-order valence-electron chi connectivity index (χ0n) is 15.7. The smallest absolute Gasteiger partial charge is 0.224 e. The molecule has 0 spiro atoms. The SMILES string of the molecule is O=C(Cc1cc(Cl)c2c(c1)OCCO2)NCc1ccccc1OC1CCCC1. The fourth-order valence-electron chi connectivity index (χ4n) is 3.66. The fourth-order valence-corrected chi connectivity index (χ4v) is 3.95. The molecule has 1 saturated carbocycles. The summed E-state index contributed by atoms with van der Waals surface area (Å²) in [6, 6.07) is 11.5. The van der Waals surface area contributed by atoms with Gasteiger partial charge in [-0.1, -0.05) is 29.8 Å². The Hall–Kier alpha value is -2.40. The summed E-state index contributed by atoms with van der Waals surface area (Å²) in [5, 5.41) is 3.45. The van der Waals surface area contributed by atoms with Crippen LogP contribution in [0, 0.1) is 0 Å². The Labute approximate surface area is 169 Å². The molecule has 6 heteroatoms. The van der Waals surface area contributed by atoms with Crippen LogP contribution in [0.15, 0.2) is 36.4 Å². The van der Waals surface area contributed by atoms with Gasteiger partial charge in [0.25, 0.3) is 0 Å². The summed E-state index contributed by atoms with van der Waals surface area (Å²) in [5.41, 5.74) is 1.78. The van der Waals surface area contributed by atoms with Crippen molar-refractivity contribution in [2.24, 2.45) is 0 Å². The topological polar surface area (TPSA) is 56.8 Å². The summed E-state index contributed by atoms with van der Waals surface area (Å²) in [4.78, 5) is 12.5. The molecular weight excluding hydrogens is 378 g/mol. The van der Waals surface area contributed by atoms with Gasteiger partial charge in [-0.2, -0.15) is 0 Å². The molecule has 148 valence electrons. The number of ether oxygens (including phenoxy) is 3. The van der Waals surface area contributed by atoms with Gasteiger partial charge < -0.3 is 19.5 Å². The summed E-state index contributed by atoms with van der Waals surface area (Å²) in [7, 11) is 0. The van der Waals surface area contributed by atoms with E-state index >= 15 is 0 Å². The molecule has 0 unspecified atom stereocenters.